The molecule has 8 heteroatoms. The van der Waals surface area contributed by atoms with Gasteiger partial charge in [0, 0.05) is 18.5 Å². The molecule has 1 amide bonds. The summed E-state index contributed by atoms with van der Waals surface area (Å²) < 4.78 is 1.71. The maximum atomic E-state index is 12.2. The maximum absolute atomic E-state index is 12.2. The van der Waals surface area contributed by atoms with Crippen LogP contribution < -0.4 is 10.6 Å². The first kappa shape index (κ1) is 19.1. The second-order valence-electron chi connectivity index (χ2n) is 5.63. The Labute approximate surface area is 157 Å². The van der Waals surface area contributed by atoms with Gasteiger partial charge in [-0.2, -0.15) is 5.10 Å². The number of amides is 1. The molecule has 1 aromatic heterocycles. The molecule has 1 fully saturated rings. The van der Waals surface area contributed by atoms with Gasteiger partial charge in [-0.3, -0.25) is 4.79 Å². The summed E-state index contributed by atoms with van der Waals surface area (Å²) in [5.41, 5.74) is 0.857. The minimum atomic E-state index is -0.0108. The molecule has 5 nitrogen and oxygen atoms in total. The minimum absolute atomic E-state index is 0. The van der Waals surface area contributed by atoms with E-state index < -0.39 is 0 Å². The van der Waals surface area contributed by atoms with Crippen LogP contribution in [-0.4, -0.2) is 28.3 Å². The molecule has 1 unspecified atom stereocenters. The SMILES string of the molecule is Cl.O=C(CC1CCCN1)Nc1ccnn1Cc1cccc(Cl)c1Cl. The standard InChI is InChI=1S/C16H18Cl2N4O.ClH/c17-13-5-1-3-11(16(13)18)10-22-14(6-8-20-22)21-15(23)9-12-4-2-7-19-12;/h1,3,5-6,8,12,19H,2,4,7,9-10H2,(H,21,23);1H. The Kier molecular flexibility index (Phi) is 6.92. The van der Waals surface area contributed by atoms with Crippen LogP contribution in [0.5, 0.6) is 0 Å². The maximum Gasteiger partial charge on any atom is 0.227 e. The fraction of sp³-hybridized carbons (Fsp3) is 0.375. The van der Waals surface area contributed by atoms with E-state index in [1.165, 1.54) is 0 Å². The summed E-state index contributed by atoms with van der Waals surface area (Å²) in [6.45, 7) is 1.44. The minimum Gasteiger partial charge on any atom is -0.313 e. The lowest BCUT2D eigenvalue weighted by Gasteiger charge is -2.13. The summed E-state index contributed by atoms with van der Waals surface area (Å²) in [6, 6.07) is 7.53. The average molecular weight is 390 g/mol. The Morgan fingerprint density at radius 1 is 1.38 bits per heavy atom. The first-order chi connectivity index (χ1) is 11.1. The van der Waals surface area contributed by atoms with Crippen LogP contribution in [0.3, 0.4) is 0 Å². The molecule has 130 valence electrons. The average Bonchev–Trinajstić information content (AvgIpc) is 3.16. The smallest absolute Gasteiger partial charge is 0.227 e. The van der Waals surface area contributed by atoms with Crippen LogP contribution in [0.1, 0.15) is 24.8 Å². The van der Waals surface area contributed by atoms with Crippen molar-refractivity contribution in [3.8, 4) is 0 Å². The largest absolute Gasteiger partial charge is 0.313 e. The van der Waals surface area contributed by atoms with Crippen molar-refractivity contribution in [1.82, 2.24) is 15.1 Å². The molecule has 0 spiro atoms. The van der Waals surface area contributed by atoms with Gasteiger partial charge < -0.3 is 10.6 Å². The lowest BCUT2D eigenvalue weighted by molar-refractivity contribution is -0.116. The molecule has 0 saturated carbocycles. The van der Waals surface area contributed by atoms with Crippen molar-refractivity contribution in [1.29, 1.82) is 0 Å². The monoisotopic (exact) mass is 388 g/mol. The highest BCUT2D eigenvalue weighted by molar-refractivity contribution is 6.42. The molecule has 24 heavy (non-hydrogen) atoms. The van der Waals surface area contributed by atoms with Crippen molar-refractivity contribution >= 4 is 47.3 Å². The zero-order chi connectivity index (χ0) is 16.2. The molecule has 1 saturated heterocycles. The Balaban J connectivity index is 0.00000208. The zero-order valence-electron chi connectivity index (χ0n) is 13.0. The number of hydrogen-bond acceptors (Lipinski definition) is 3. The van der Waals surface area contributed by atoms with Gasteiger partial charge in [0.15, 0.2) is 0 Å². The predicted octanol–water partition coefficient (Wildman–Crippen LogP) is 3.74. The van der Waals surface area contributed by atoms with Gasteiger partial charge in [0.2, 0.25) is 5.91 Å². The number of nitrogens with zero attached hydrogens (tertiary/aromatic N) is 2. The van der Waals surface area contributed by atoms with E-state index in [1.54, 1.807) is 23.0 Å². The zero-order valence-corrected chi connectivity index (χ0v) is 15.3. The second kappa shape index (κ2) is 8.72. The molecule has 1 aliphatic heterocycles. The van der Waals surface area contributed by atoms with Gasteiger partial charge in [0.1, 0.15) is 5.82 Å². The van der Waals surface area contributed by atoms with Crippen molar-refractivity contribution in [2.75, 3.05) is 11.9 Å². The first-order valence-electron chi connectivity index (χ1n) is 7.61. The molecular weight excluding hydrogens is 371 g/mol. The molecule has 2 heterocycles. The van der Waals surface area contributed by atoms with E-state index in [2.05, 4.69) is 15.7 Å². The van der Waals surface area contributed by atoms with Gasteiger partial charge in [-0.1, -0.05) is 35.3 Å². The van der Waals surface area contributed by atoms with E-state index in [0.717, 1.165) is 24.9 Å². The number of carbonyl (C=O) groups excluding carboxylic acids is 1. The van der Waals surface area contributed by atoms with Crippen molar-refractivity contribution in [3.05, 3.63) is 46.1 Å². The van der Waals surface area contributed by atoms with Crippen LogP contribution in [0.15, 0.2) is 30.5 Å². The number of hydrogen-bond donors (Lipinski definition) is 2. The number of carbonyl (C=O) groups is 1. The number of halogens is 3. The van der Waals surface area contributed by atoms with Crippen molar-refractivity contribution in [2.24, 2.45) is 0 Å². The lowest BCUT2D eigenvalue weighted by Crippen LogP contribution is -2.28. The van der Waals surface area contributed by atoms with Crippen LogP contribution in [0, 0.1) is 0 Å². The van der Waals surface area contributed by atoms with E-state index >= 15 is 0 Å². The van der Waals surface area contributed by atoms with E-state index in [0.29, 0.717) is 28.8 Å². The Morgan fingerprint density at radius 2 is 2.21 bits per heavy atom. The normalized spacial score (nSPS) is 16.7. The Bertz CT molecular complexity index is 698. The summed E-state index contributed by atoms with van der Waals surface area (Å²) in [6.07, 6.45) is 4.30. The number of nitrogens with one attached hydrogen (secondary N) is 2. The third-order valence-corrected chi connectivity index (χ3v) is 4.79. The van der Waals surface area contributed by atoms with Crippen LogP contribution in [0.4, 0.5) is 5.82 Å². The fourth-order valence-corrected chi connectivity index (χ4v) is 3.13. The van der Waals surface area contributed by atoms with Gasteiger partial charge in [0.25, 0.3) is 0 Å². The topological polar surface area (TPSA) is 59.0 Å². The van der Waals surface area contributed by atoms with Gasteiger partial charge >= 0.3 is 0 Å². The summed E-state index contributed by atoms with van der Waals surface area (Å²) in [7, 11) is 0. The van der Waals surface area contributed by atoms with Crippen molar-refractivity contribution < 1.29 is 4.79 Å². The number of rotatable bonds is 5. The summed E-state index contributed by atoms with van der Waals surface area (Å²) >= 11 is 12.2. The molecule has 1 aromatic carbocycles. The molecule has 0 aliphatic carbocycles. The number of anilines is 1. The number of benzene rings is 1. The Morgan fingerprint density at radius 3 is 2.96 bits per heavy atom. The third-order valence-electron chi connectivity index (χ3n) is 3.93. The highest BCUT2D eigenvalue weighted by atomic mass is 35.5. The lowest BCUT2D eigenvalue weighted by atomic mass is 10.1. The molecule has 3 rings (SSSR count). The van der Waals surface area contributed by atoms with Crippen molar-refractivity contribution in [2.45, 2.75) is 31.8 Å². The van der Waals surface area contributed by atoms with E-state index in [1.807, 2.05) is 12.1 Å². The summed E-state index contributed by atoms with van der Waals surface area (Å²) in [5.74, 6) is 0.646. The van der Waals surface area contributed by atoms with Gasteiger partial charge in [-0.15, -0.1) is 12.4 Å². The molecule has 1 atom stereocenters. The molecule has 1 aliphatic rings. The van der Waals surface area contributed by atoms with Crippen LogP contribution in [-0.2, 0) is 11.3 Å². The van der Waals surface area contributed by atoms with Gasteiger partial charge in [0.05, 0.1) is 22.8 Å². The van der Waals surface area contributed by atoms with Crippen LogP contribution in [0.2, 0.25) is 10.0 Å². The summed E-state index contributed by atoms with van der Waals surface area (Å²) in [5, 5.41) is 11.5. The molecule has 0 radical (unpaired) electrons. The Hall–Kier alpha value is -1.27. The van der Waals surface area contributed by atoms with Crippen LogP contribution >= 0.6 is 35.6 Å². The quantitative estimate of drug-likeness (QED) is 0.819. The predicted molar refractivity (Wildman–Crippen MR) is 99.3 cm³/mol. The van der Waals surface area contributed by atoms with Crippen molar-refractivity contribution in [3.63, 3.8) is 0 Å². The van der Waals surface area contributed by atoms with Crippen LogP contribution in [0.25, 0.3) is 0 Å². The third kappa shape index (κ3) is 4.63. The van der Waals surface area contributed by atoms with E-state index in [9.17, 15) is 4.79 Å². The fourth-order valence-electron chi connectivity index (χ4n) is 2.75. The van der Waals surface area contributed by atoms with E-state index in [-0.39, 0.29) is 24.4 Å². The highest BCUT2D eigenvalue weighted by Crippen LogP contribution is 2.26. The van der Waals surface area contributed by atoms with Gasteiger partial charge in [-0.25, -0.2) is 4.68 Å². The highest BCUT2D eigenvalue weighted by Gasteiger charge is 2.18. The second-order valence-corrected chi connectivity index (χ2v) is 6.42. The summed E-state index contributed by atoms with van der Waals surface area (Å²) in [4.78, 5) is 12.2. The molecule has 2 aromatic rings. The molecule has 0 bridgehead atoms. The van der Waals surface area contributed by atoms with Gasteiger partial charge in [-0.05, 0) is 31.0 Å². The molecule has 2 N–H and O–H groups in total. The molecular formula is C16H19Cl3N4O. The number of aromatic nitrogens is 2. The first-order valence-corrected chi connectivity index (χ1v) is 8.37. The van der Waals surface area contributed by atoms with E-state index in [4.69, 9.17) is 23.2 Å².